The van der Waals surface area contributed by atoms with Crippen LogP contribution in [0.1, 0.15) is 12.5 Å². The second-order valence-corrected chi connectivity index (χ2v) is 3.24. The van der Waals surface area contributed by atoms with Crippen molar-refractivity contribution in [3.05, 3.63) is 23.8 Å². The van der Waals surface area contributed by atoms with Crippen LogP contribution in [0.5, 0.6) is 0 Å². The number of aryl methyl sites for hydroxylation is 1. The van der Waals surface area contributed by atoms with Crippen molar-refractivity contribution in [1.82, 2.24) is 0 Å². The third-order valence-corrected chi connectivity index (χ3v) is 2.39. The van der Waals surface area contributed by atoms with E-state index in [1.54, 1.807) is 0 Å². The van der Waals surface area contributed by atoms with E-state index in [4.69, 9.17) is 0 Å². The summed E-state index contributed by atoms with van der Waals surface area (Å²) < 4.78 is 0. The Kier molecular flexibility index (Phi) is 1.68. The fourth-order valence-corrected chi connectivity index (χ4v) is 1.55. The first kappa shape index (κ1) is 7.47. The van der Waals surface area contributed by atoms with Crippen molar-refractivity contribution in [2.45, 2.75) is 13.3 Å². The molecule has 0 saturated carbocycles. The topological polar surface area (TPSA) is 15.3 Å². The molecule has 0 radical (unpaired) electrons. The molecule has 0 amide bonds. The first-order chi connectivity index (χ1) is 5.81. The molecule has 0 aromatic heterocycles. The first-order valence-electron chi connectivity index (χ1n) is 4.39. The SMILES string of the molecule is CCc1ccc2c(c1)N(C)CN2. The quantitative estimate of drug-likeness (QED) is 0.680. The highest BCUT2D eigenvalue weighted by atomic mass is 15.3. The summed E-state index contributed by atoms with van der Waals surface area (Å²) in [6.07, 6.45) is 1.11. The van der Waals surface area contributed by atoms with E-state index in [0.29, 0.717) is 0 Å². The zero-order valence-corrected chi connectivity index (χ0v) is 7.59. The Bertz CT molecular complexity index is 294. The standard InChI is InChI=1S/C10H14N2/c1-3-8-4-5-9-10(6-8)12(2)7-11-9/h4-6,11H,3,7H2,1-2H3. The lowest BCUT2D eigenvalue weighted by Crippen LogP contribution is -2.15. The van der Waals surface area contributed by atoms with Crippen molar-refractivity contribution in [1.29, 1.82) is 0 Å². The van der Waals surface area contributed by atoms with Crippen LogP contribution in [0.15, 0.2) is 18.2 Å². The predicted molar refractivity (Wildman–Crippen MR) is 52.7 cm³/mol. The van der Waals surface area contributed by atoms with E-state index in [2.05, 4.69) is 42.4 Å². The van der Waals surface area contributed by atoms with E-state index in [1.165, 1.54) is 16.9 Å². The average Bonchev–Trinajstić information content (AvgIpc) is 2.47. The molecule has 0 fully saturated rings. The summed E-state index contributed by atoms with van der Waals surface area (Å²) >= 11 is 0. The summed E-state index contributed by atoms with van der Waals surface area (Å²) in [5.41, 5.74) is 3.99. The Hall–Kier alpha value is -1.18. The van der Waals surface area contributed by atoms with Crippen LogP contribution >= 0.6 is 0 Å². The molecule has 1 aromatic rings. The van der Waals surface area contributed by atoms with Crippen molar-refractivity contribution in [3.63, 3.8) is 0 Å². The van der Waals surface area contributed by atoms with E-state index < -0.39 is 0 Å². The minimum absolute atomic E-state index is 0.933. The zero-order chi connectivity index (χ0) is 8.55. The van der Waals surface area contributed by atoms with Gasteiger partial charge in [0.15, 0.2) is 0 Å². The number of rotatable bonds is 1. The van der Waals surface area contributed by atoms with Gasteiger partial charge >= 0.3 is 0 Å². The summed E-state index contributed by atoms with van der Waals surface area (Å²) in [5.74, 6) is 0. The maximum atomic E-state index is 3.33. The van der Waals surface area contributed by atoms with Crippen LogP contribution in [0, 0.1) is 0 Å². The fraction of sp³-hybridized carbons (Fsp3) is 0.400. The third-order valence-electron chi connectivity index (χ3n) is 2.39. The van der Waals surface area contributed by atoms with Crippen LogP contribution in [0.4, 0.5) is 11.4 Å². The lowest BCUT2D eigenvalue weighted by Gasteiger charge is -2.10. The highest BCUT2D eigenvalue weighted by molar-refractivity contribution is 5.75. The van der Waals surface area contributed by atoms with Gasteiger partial charge in [-0.1, -0.05) is 13.0 Å². The van der Waals surface area contributed by atoms with Gasteiger partial charge < -0.3 is 10.2 Å². The maximum absolute atomic E-state index is 3.33. The number of anilines is 2. The number of hydrogen-bond donors (Lipinski definition) is 1. The second-order valence-electron chi connectivity index (χ2n) is 3.24. The van der Waals surface area contributed by atoms with Crippen molar-refractivity contribution >= 4 is 11.4 Å². The largest absolute Gasteiger partial charge is 0.366 e. The number of fused-ring (bicyclic) bond motifs is 1. The van der Waals surface area contributed by atoms with Gasteiger partial charge in [-0.05, 0) is 24.1 Å². The van der Waals surface area contributed by atoms with Crippen LogP contribution in [0.2, 0.25) is 0 Å². The molecule has 1 aliphatic heterocycles. The molecule has 0 saturated heterocycles. The molecule has 64 valence electrons. The predicted octanol–water partition coefficient (Wildman–Crippen LogP) is 2.07. The lowest BCUT2D eigenvalue weighted by atomic mass is 10.1. The van der Waals surface area contributed by atoms with Gasteiger partial charge in [0.2, 0.25) is 0 Å². The molecular formula is C10H14N2. The molecule has 1 N–H and O–H groups in total. The summed E-state index contributed by atoms with van der Waals surface area (Å²) in [6, 6.07) is 6.61. The van der Waals surface area contributed by atoms with E-state index >= 15 is 0 Å². The fourth-order valence-electron chi connectivity index (χ4n) is 1.55. The summed E-state index contributed by atoms with van der Waals surface area (Å²) in [5, 5.41) is 3.33. The highest BCUT2D eigenvalue weighted by Gasteiger charge is 2.13. The molecule has 0 aliphatic carbocycles. The molecule has 1 aliphatic rings. The Morgan fingerprint density at radius 2 is 2.33 bits per heavy atom. The molecular weight excluding hydrogens is 148 g/mol. The van der Waals surface area contributed by atoms with Crippen molar-refractivity contribution < 1.29 is 0 Å². The van der Waals surface area contributed by atoms with E-state index in [9.17, 15) is 0 Å². The monoisotopic (exact) mass is 162 g/mol. The number of benzene rings is 1. The molecule has 2 rings (SSSR count). The van der Waals surface area contributed by atoms with E-state index in [1.807, 2.05) is 0 Å². The van der Waals surface area contributed by atoms with Gasteiger partial charge in [0.25, 0.3) is 0 Å². The smallest absolute Gasteiger partial charge is 0.0874 e. The molecule has 0 atom stereocenters. The second kappa shape index (κ2) is 2.70. The van der Waals surface area contributed by atoms with Gasteiger partial charge in [0.1, 0.15) is 0 Å². The molecule has 0 spiro atoms. The van der Waals surface area contributed by atoms with E-state index in [0.717, 1.165) is 13.1 Å². The van der Waals surface area contributed by atoms with Gasteiger partial charge in [0, 0.05) is 7.05 Å². The maximum Gasteiger partial charge on any atom is 0.0874 e. The third kappa shape index (κ3) is 1.04. The average molecular weight is 162 g/mol. The molecule has 12 heavy (non-hydrogen) atoms. The number of nitrogens with one attached hydrogen (secondary N) is 1. The van der Waals surface area contributed by atoms with Gasteiger partial charge in [-0.15, -0.1) is 0 Å². The molecule has 1 aromatic carbocycles. The molecule has 0 unspecified atom stereocenters. The Balaban J connectivity index is 2.43. The Labute approximate surface area is 73.2 Å². The first-order valence-corrected chi connectivity index (χ1v) is 4.39. The Morgan fingerprint density at radius 1 is 1.50 bits per heavy atom. The van der Waals surface area contributed by atoms with Gasteiger partial charge in [-0.2, -0.15) is 0 Å². The summed E-state index contributed by atoms with van der Waals surface area (Å²) in [4.78, 5) is 2.23. The van der Waals surface area contributed by atoms with Crippen LogP contribution in [0.3, 0.4) is 0 Å². The lowest BCUT2D eigenvalue weighted by molar-refractivity contribution is 1.03. The number of nitrogens with zero attached hydrogens (tertiary/aromatic N) is 1. The Morgan fingerprint density at radius 3 is 3.08 bits per heavy atom. The van der Waals surface area contributed by atoms with Crippen LogP contribution in [-0.4, -0.2) is 13.7 Å². The van der Waals surface area contributed by atoms with Gasteiger partial charge in [-0.25, -0.2) is 0 Å². The minimum atomic E-state index is 0.933. The number of hydrogen-bond acceptors (Lipinski definition) is 2. The van der Waals surface area contributed by atoms with Gasteiger partial charge in [-0.3, -0.25) is 0 Å². The van der Waals surface area contributed by atoms with Crippen molar-refractivity contribution in [2.75, 3.05) is 23.9 Å². The van der Waals surface area contributed by atoms with Crippen molar-refractivity contribution in [3.8, 4) is 0 Å². The molecule has 1 heterocycles. The van der Waals surface area contributed by atoms with Crippen molar-refractivity contribution in [2.24, 2.45) is 0 Å². The summed E-state index contributed by atoms with van der Waals surface area (Å²) in [6.45, 7) is 3.12. The van der Waals surface area contributed by atoms with Crippen LogP contribution in [0.25, 0.3) is 0 Å². The molecule has 2 heteroatoms. The minimum Gasteiger partial charge on any atom is -0.366 e. The van der Waals surface area contributed by atoms with Crippen LogP contribution < -0.4 is 10.2 Å². The molecule has 2 nitrogen and oxygen atoms in total. The van der Waals surface area contributed by atoms with Gasteiger partial charge in [0.05, 0.1) is 18.0 Å². The van der Waals surface area contributed by atoms with E-state index in [-0.39, 0.29) is 0 Å². The zero-order valence-electron chi connectivity index (χ0n) is 7.59. The molecule has 0 bridgehead atoms. The summed E-state index contributed by atoms with van der Waals surface area (Å²) in [7, 11) is 2.11. The normalized spacial score (nSPS) is 14.3. The highest BCUT2D eigenvalue weighted by Crippen LogP contribution is 2.30. The van der Waals surface area contributed by atoms with Crippen LogP contribution in [-0.2, 0) is 6.42 Å².